The van der Waals surface area contributed by atoms with Crippen LogP contribution >= 0.6 is 0 Å². The normalized spacial score (nSPS) is 11.8. The monoisotopic (exact) mass is 439 g/mol. The summed E-state index contributed by atoms with van der Waals surface area (Å²) < 4.78 is 16.6. The van der Waals surface area contributed by atoms with E-state index in [4.69, 9.17) is 14.2 Å². The molecule has 0 unspecified atom stereocenters. The Labute approximate surface area is 191 Å². The van der Waals surface area contributed by atoms with Gasteiger partial charge in [-0.1, -0.05) is 42.0 Å². The molecule has 7 heteroatoms. The van der Waals surface area contributed by atoms with Crippen LogP contribution in [0, 0.1) is 6.92 Å². The van der Waals surface area contributed by atoms with Gasteiger partial charge >= 0.3 is 0 Å². The van der Waals surface area contributed by atoms with Crippen molar-refractivity contribution in [3.63, 3.8) is 0 Å². The molecule has 4 aromatic rings. The van der Waals surface area contributed by atoms with Crippen LogP contribution in [0.25, 0.3) is 11.4 Å². The molecule has 0 radical (unpaired) electrons. The standard InChI is InChI=1S/C26H21N3O4/c1-17-5-8-19(9-6-17)25-27-12-11-24(29-25)33-21-4-2-3-20(14-21)26(30)28-15-18-7-10-22-23(13-18)32-16-31-22/h2-14H,15-16H2,1H3,(H,28,30). The van der Waals surface area contributed by atoms with Gasteiger partial charge in [0.15, 0.2) is 17.3 Å². The molecule has 3 aromatic carbocycles. The predicted octanol–water partition coefficient (Wildman–Crippen LogP) is 4.90. The van der Waals surface area contributed by atoms with Crippen LogP contribution in [0.1, 0.15) is 21.5 Å². The number of amides is 1. The summed E-state index contributed by atoms with van der Waals surface area (Å²) in [6, 6.07) is 22.2. The number of carbonyl (C=O) groups excluding carboxylic acids is 1. The summed E-state index contributed by atoms with van der Waals surface area (Å²) >= 11 is 0. The summed E-state index contributed by atoms with van der Waals surface area (Å²) in [4.78, 5) is 21.5. The second kappa shape index (κ2) is 9.00. The van der Waals surface area contributed by atoms with Crippen molar-refractivity contribution in [2.24, 2.45) is 0 Å². The van der Waals surface area contributed by atoms with Gasteiger partial charge in [-0.15, -0.1) is 0 Å². The molecule has 0 aliphatic carbocycles. The molecule has 1 aliphatic rings. The largest absolute Gasteiger partial charge is 0.454 e. The molecule has 7 nitrogen and oxygen atoms in total. The second-order valence-electron chi connectivity index (χ2n) is 7.58. The maximum Gasteiger partial charge on any atom is 0.251 e. The van der Waals surface area contributed by atoms with Gasteiger partial charge < -0.3 is 19.5 Å². The fraction of sp³-hybridized carbons (Fsp3) is 0.115. The van der Waals surface area contributed by atoms with Gasteiger partial charge in [-0.05, 0) is 42.8 Å². The van der Waals surface area contributed by atoms with Crippen molar-refractivity contribution in [1.29, 1.82) is 0 Å². The molecular formula is C26H21N3O4. The molecule has 1 aromatic heterocycles. The lowest BCUT2D eigenvalue weighted by Crippen LogP contribution is -2.22. The number of fused-ring (bicyclic) bond motifs is 1. The van der Waals surface area contributed by atoms with Gasteiger partial charge in [0.25, 0.3) is 5.91 Å². The Hall–Kier alpha value is -4.39. The van der Waals surface area contributed by atoms with E-state index in [0.717, 1.165) is 11.1 Å². The first-order valence-electron chi connectivity index (χ1n) is 10.5. The first-order chi connectivity index (χ1) is 16.1. The Kier molecular flexibility index (Phi) is 5.59. The maximum absolute atomic E-state index is 12.7. The highest BCUT2D eigenvalue weighted by atomic mass is 16.7. The van der Waals surface area contributed by atoms with E-state index in [9.17, 15) is 4.79 Å². The summed E-state index contributed by atoms with van der Waals surface area (Å²) in [5.41, 5.74) is 3.48. The number of ether oxygens (including phenoxy) is 3. The van der Waals surface area contributed by atoms with Crippen LogP contribution in [0.5, 0.6) is 23.1 Å². The Morgan fingerprint density at radius 1 is 1.00 bits per heavy atom. The molecule has 164 valence electrons. The average Bonchev–Trinajstić information content (AvgIpc) is 3.31. The number of hydrogen-bond acceptors (Lipinski definition) is 6. The Morgan fingerprint density at radius 2 is 1.85 bits per heavy atom. The number of aryl methyl sites for hydroxylation is 1. The molecule has 5 rings (SSSR count). The topological polar surface area (TPSA) is 82.6 Å². The van der Waals surface area contributed by atoms with Crippen molar-refractivity contribution in [2.75, 3.05) is 6.79 Å². The van der Waals surface area contributed by atoms with Crippen LogP contribution in [0.4, 0.5) is 0 Å². The van der Waals surface area contributed by atoms with Gasteiger partial charge in [-0.25, -0.2) is 4.98 Å². The minimum Gasteiger partial charge on any atom is -0.454 e. The van der Waals surface area contributed by atoms with Gasteiger partial charge in [0.05, 0.1) is 0 Å². The first kappa shape index (κ1) is 20.5. The van der Waals surface area contributed by atoms with Crippen LogP contribution in [0.15, 0.2) is 79.0 Å². The summed E-state index contributed by atoms with van der Waals surface area (Å²) in [7, 11) is 0. The van der Waals surface area contributed by atoms with Gasteiger partial charge in [-0.2, -0.15) is 4.98 Å². The number of rotatable bonds is 6. The third-order valence-electron chi connectivity index (χ3n) is 5.15. The lowest BCUT2D eigenvalue weighted by atomic mass is 10.1. The van der Waals surface area contributed by atoms with Crippen molar-refractivity contribution >= 4 is 5.91 Å². The zero-order valence-electron chi connectivity index (χ0n) is 17.9. The highest BCUT2D eigenvalue weighted by molar-refractivity contribution is 5.94. The minimum absolute atomic E-state index is 0.207. The minimum atomic E-state index is -0.207. The second-order valence-corrected chi connectivity index (χ2v) is 7.58. The highest BCUT2D eigenvalue weighted by Crippen LogP contribution is 2.32. The lowest BCUT2D eigenvalue weighted by molar-refractivity contribution is 0.0950. The average molecular weight is 439 g/mol. The molecule has 1 N–H and O–H groups in total. The molecule has 0 atom stereocenters. The van der Waals surface area contributed by atoms with Crippen LogP contribution in [-0.4, -0.2) is 22.7 Å². The molecular weight excluding hydrogens is 418 g/mol. The first-order valence-corrected chi connectivity index (χ1v) is 10.5. The van der Waals surface area contributed by atoms with Crippen molar-refractivity contribution in [3.05, 3.63) is 95.7 Å². The lowest BCUT2D eigenvalue weighted by Gasteiger charge is -2.09. The van der Waals surface area contributed by atoms with Crippen molar-refractivity contribution in [2.45, 2.75) is 13.5 Å². The molecule has 0 saturated carbocycles. The summed E-state index contributed by atoms with van der Waals surface area (Å²) in [5, 5.41) is 2.92. The third-order valence-corrected chi connectivity index (χ3v) is 5.15. The fourth-order valence-corrected chi connectivity index (χ4v) is 3.40. The number of hydrogen-bond donors (Lipinski definition) is 1. The number of nitrogens with one attached hydrogen (secondary N) is 1. The molecule has 0 fully saturated rings. The molecule has 1 amide bonds. The Bertz CT molecular complexity index is 1310. The number of nitrogens with zero attached hydrogens (tertiary/aromatic N) is 2. The Morgan fingerprint density at radius 3 is 2.73 bits per heavy atom. The molecule has 0 spiro atoms. The van der Waals surface area contributed by atoms with E-state index in [1.165, 1.54) is 5.56 Å². The SMILES string of the molecule is Cc1ccc(-c2nccc(Oc3cccc(C(=O)NCc4ccc5c(c4)OCO5)c3)n2)cc1. The number of carbonyl (C=O) groups is 1. The van der Waals surface area contributed by atoms with E-state index in [1.807, 2.05) is 49.4 Å². The van der Waals surface area contributed by atoms with Gasteiger partial charge in [0, 0.05) is 29.9 Å². The highest BCUT2D eigenvalue weighted by Gasteiger charge is 2.14. The summed E-state index contributed by atoms with van der Waals surface area (Å²) in [6.45, 7) is 2.62. The van der Waals surface area contributed by atoms with Crippen molar-refractivity contribution < 1.29 is 19.0 Å². The third kappa shape index (κ3) is 4.77. The molecule has 1 aliphatic heterocycles. The zero-order chi connectivity index (χ0) is 22.6. The number of benzene rings is 3. The van der Waals surface area contributed by atoms with Gasteiger partial charge in [-0.3, -0.25) is 4.79 Å². The van der Waals surface area contributed by atoms with E-state index >= 15 is 0 Å². The maximum atomic E-state index is 12.7. The summed E-state index contributed by atoms with van der Waals surface area (Å²) in [6.07, 6.45) is 1.65. The smallest absolute Gasteiger partial charge is 0.251 e. The van der Waals surface area contributed by atoms with Crippen LogP contribution in [0.2, 0.25) is 0 Å². The van der Waals surface area contributed by atoms with Gasteiger partial charge in [0.1, 0.15) is 5.75 Å². The molecule has 0 saturated heterocycles. The van der Waals surface area contributed by atoms with E-state index in [1.54, 1.807) is 36.5 Å². The molecule has 2 heterocycles. The van der Waals surface area contributed by atoms with Crippen LogP contribution in [0.3, 0.4) is 0 Å². The number of aromatic nitrogens is 2. The quantitative estimate of drug-likeness (QED) is 0.460. The van der Waals surface area contributed by atoms with Crippen LogP contribution in [-0.2, 0) is 6.54 Å². The molecule has 33 heavy (non-hydrogen) atoms. The van der Waals surface area contributed by atoms with E-state index in [2.05, 4.69) is 15.3 Å². The van der Waals surface area contributed by atoms with Crippen LogP contribution < -0.4 is 19.5 Å². The summed E-state index contributed by atoms with van der Waals surface area (Å²) in [5.74, 6) is 2.68. The predicted molar refractivity (Wildman–Crippen MR) is 122 cm³/mol. The van der Waals surface area contributed by atoms with Crippen molar-refractivity contribution in [1.82, 2.24) is 15.3 Å². The zero-order valence-corrected chi connectivity index (χ0v) is 17.9. The van der Waals surface area contributed by atoms with E-state index in [-0.39, 0.29) is 12.7 Å². The van der Waals surface area contributed by atoms with Gasteiger partial charge in [0.2, 0.25) is 12.7 Å². The van der Waals surface area contributed by atoms with E-state index in [0.29, 0.717) is 41.1 Å². The van der Waals surface area contributed by atoms with Crippen molar-refractivity contribution in [3.8, 4) is 34.5 Å². The fourth-order valence-electron chi connectivity index (χ4n) is 3.40. The van der Waals surface area contributed by atoms with E-state index < -0.39 is 0 Å². The Balaban J connectivity index is 1.26. The molecule has 0 bridgehead atoms.